The Morgan fingerprint density at radius 2 is 1.80 bits per heavy atom. The number of esters is 1. The van der Waals surface area contributed by atoms with Gasteiger partial charge in [-0.15, -0.1) is 0 Å². The summed E-state index contributed by atoms with van der Waals surface area (Å²) in [7, 11) is 1.36. The Hall–Kier alpha value is -3.87. The van der Waals surface area contributed by atoms with E-state index in [1.165, 1.54) is 19.2 Å². The molecule has 30 heavy (non-hydrogen) atoms. The van der Waals surface area contributed by atoms with Crippen LogP contribution in [0.4, 0.5) is 10.1 Å². The fourth-order valence-electron chi connectivity index (χ4n) is 3.18. The Labute approximate surface area is 171 Å². The number of ether oxygens (including phenoxy) is 2. The van der Waals surface area contributed by atoms with Gasteiger partial charge in [0.15, 0.2) is 18.2 Å². The van der Waals surface area contributed by atoms with Gasteiger partial charge in [-0.3, -0.25) is 9.59 Å². The molecule has 6 nitrogen and oxygen atoms in total. The van der Waals surface area contributed by atoms with Crippen LogP contribution in [0.15, 0.2) is 65.1 Å². The van der Waals surface area contributed by atoms with E-state index in [0.717, 1.165) is 16.4 Å². The maximum Gasteiger partial charge on any atom is 0.310 e. The summed E-state index contributed by atoms with van der Waals surface area (Å²) in [6.07, 6.45) is -0.152. The van der Waals surface area contributed by atoms with E-state index in [-0.39, 0.29) is 12.2 Å². The second-order valence-electron chi connectivity index (χ2n) is 6.66. The van der Waals surface area contributed by atoms with E-state index in [2.05, 4.69) is 5.32 Å². The predicted molar refractivity (Wildman–Crippen MR) is 110 cm³/mol. The molecule has 1 heterocycles. The number of rotatable bonds is 6. The summed E-state index contributed by atoms with van der Waals surface area (Å²) in [6.45, 7) is -0.443. The van der Waals surface area contributed by atoms with E-state index in [1.807, 2.05) is 24.3 Å². The second kappa shape index (κ2) is 8.24. The second-order valence-corrected chi connectivity index (χ2v) is 6.66. The fourth-order valence-corrected chi connectivity index (χ4v) is 3.18. The molecule has 3 aromatic carbocycles. The summed E-state index contributed by atoms with van der Waals surface area (Å²) in [4.78, 5) is 24.1. The number of halogens is 1. The molecule has 4 rings (SSSR count). The van der Waals surface area contributed by atoms with Crippen LogP contribution in [0.25, 0.3) is 21.9 Å². The van der Waals surface area contributed by atoms with Crippen molar-refractivity contribution in [3.63, 3.8) is 0 Å². The van der Waals surface area contributed by atoms with Crippen LogP contribution < -0.4 is 10.1 Å². The lowest BCUT2D eigenvalue weighted by molar-refractivity contribution is -0.146. The van der Waals surface area contributed by atoms with Gasteiger partial charge in [-0.25, -0.2) is 4.39 Å². The third kappa shape index (κ3) is 4.10. The molecule has 1 aromatic heterocycles. The standard InChI is InChI=1S/C23H18FNO5/c1-28-21-8-6-14(10-18(21)24)11-23(27)29-13-22(26)25-15-7-9-20-17(12-15)16-4-2-3-5-19(16)30-20/h2-10,12H,11,13H2,1H3,(H,25,26). The minimum absolute atomic E-state index is 0.0915. The number of carbonyl (C=O) groups excluding carboxylic acids is 2. The summed E-state index contributed by atoms with van der Waals surface area (Å²) in [5.74, 6) is -1.58. The number of carbonyl (C=O) groups is 2. The highest BCUT2D eigenvalue weighted by molar-refractivity contribution is 6.07. The van der Waals surface area contributed by atoms with Crippen LogP contribution >= 0.6 is 0 Å². The minimum Gasteiger partial charge on any atom is -0.494 e. The van der Waals surface area contributed by atoms with E-state index < -0.39 is 24.3 Å². The van der Waals surface area contributed by atoms with Gasteiger partial charge in [0.2, 0.25) is 0 Å². The topological polar surface area (TPSA) is 77.8 Å². The molecule has 0 unspecified atom stereocenters. The quantitative estimate of drug-likeness (QED) is 0.478. The van der Waals surface area contributed by atoms with Crippen LogP contribution in [-0.4, -0.2) is 25.6 Å². The van der Waals surface area contributed by atoms with Gasteiger partial charge in [-0.2, -0.15) is 0 Å². The number of hydrogen-bond acceptors (Lipinski definition) is 5. The van der Waals surface area contributed by atoms with Gasteiger partial charge < -0.3 is 19.2 Å². The first-order valence-electron chi connectivity index (χ1n) is 9.22. The number of nitrogens with one attached hydrogen (secondary N) is 1. The highest BCUT2D eigenvalue weighted by Gasteiger charge is 2.12. The Morgan fingerprint density at radius 1 is 1.00 bits per heavy atom. The van der Waals surface area contributed by atoms with Crippen molar-refractivity contribution in [2.24, 2.45) is 0 Å². The molecule has 4 aromatic rings. The van der Waals surface area contributed by atoms with Crippen molar-refractivity contribution in [2.75, 3.05) is 19.0 Å². The van der Waals surface area contributed by atoms with E-state index in [0.29, 0.717) is 16.8 Å². The highest BCUT2D eigenvalue weighted by Crippen LogP contribution is 2.30. The number of furan rings is 1. The molecule has 0 bridgehead atoms. The molecule has 0 spiro atoms. The molecule has 0 atom stereocenters. The van der Waals surface area contributed by atoms with Crippen molar-refractivity contribution in [1.29, 1.82) is 0 Å². The summed E-state index contributed by atoms with van der Waals surface area (Å²) >= 11 is 0. The lowest BCUT2D eigenvalue weighted by Crippen LogP contribution is -2.21. The van der Waals surface area contributed by atoms with E-state index in [1.54, 1.807) is 24.3 Å². The summed E-state index contributed by atoms with van der Waals surface area (Å²) < 4.78 is 29.3. The lowest BCUT2D eigenvalue weighted by atomic mass is 10.1. The molecule has 0 aliphatic heterocycles. The molecule has 0 fully saturated rings. The van der Waals surface area contributed by atoms with Gasteiger partial charge in [0.05, 0.1) is 13.5 Å². The molecule has 7 heteroatoms. The molecule has 0 aliphatic rings. The largest absolute Gasteiger partial charge is 0.494 e. The highest BCUT2D eigenvalue weighted by atomic mass is 19.1. The number of methoxy groups -OCH3 is 1. The number of amides is 1. The van der Waals surface area contributed by atoms with E-state index in [9.17, 15) is 14.0 Å². The number of benzene rings is 3. The van der Waals surface area contributed by atoms with Crippen LogP contribution in [0, 0.1) is 5.82 Å². The van der Waals surface area contributed by atoms with Crippen molar-refractivity contribution in [3.05, 3.63) is 72.0 Å². The SMILES string of the molecule is COc1ccc(CC(=O)OCC(=O)Nc2ccc3oc4ccccc4c3c2)cc1F. The summed E-state index contributed by atoms with van der Waals surface area (Å²) in [6, 6.07) is 17.1. The number of fused-ring (bicyclic) bond motifs is 3. The first kappa shape index (κ1) is 19.4. The number of anilines is 1. The molecule has 1 amide bonds. The molecule has 1 N–H and O–H groups in total. The monoisotopic (exact) mass is 407 g/mol. The number of hydrogen-bond donors (Lipinski definition) is 1. The maximum atomic E-state index is 13.7. The van der Waals surface area contributed by atoms with Crippen LogP contribution in [0.5, 0.6) is 5.75 Å². The average molecular weight is 407 g/mol. The zero-order valence-electron chi connectivity index (χ0n) is 16.1. The zero-order valence-corrected chi connectivity index (χ0v) is 16.1. The van der Waals surface area contributed by atoms with Crippen molar-refractivity contribution < 1.29 is 27.9 Å². The van der Waals surface area contributed by atoms with Gasteiger partial charge in [0.1, 0.15) is 11.2 Å². The first-order chi connectivity index (χ1) is 14.5. The van der Waals surface area contributed by atoms with Gasteiger partial charge in [0.25, 0.3) is 5.91 Å². The molecule has 0 radical (unpaired) electrons. The molecule has 0 aliphatic carbocycles. The van der Waals surface area contributed by atoms with Crippen LogP contribution in [0.1, 0.15) is 5.56 Å². The lowest BCUT2D eigenvalue weighted by Gasteiger charge is -2.08. The fraction of sp³-hybridized carbons (Fsp3) is 0.130. The third-order valence-electron chi connectivity index (χ3n) is 4.59. The molecule has 0 saturated carbocycles. The van der Waals surface area contributed by atoms with Gasteiger partial charge in [-0.1, -0.05) is 24.3 Å². The smallest absolute Gasteiger partial charge is 0.310 e. The van der Waals surface area contributed by atoms with Crippen molar-refractivity contribution >= 4 is 39.5 Å². The number of para-hydroxylation sites is 1. The Morgan fingerprint density at radius 3 is 2.60 bits per heavy atom. The minimum atomic E-state index is -0.633. The normalized spacial score (nSPS) is 10.9. The maximum absolute atomic E-state index is 13.7. The Balaban J connectivity index is 1.36. The zero-order chi connectivity index (χ0) is 21.1. The van der Waals surface area contributed by atoms with E-state index >= 15 is 0 Å². The van der Waals surface area contributed by atoms with Crippen molar-refractivity contribution in [2.45, 2.75) is 6.42 Å². The molecule has 0 saturated heterocycles. The Bertz CT molecular complexity index is 1250. The molecular weight excluding hydrogens is 389 g/mol. The Kier molecular flexibility index (Phi) is 5.34. The predicted octanol–water partition coefficient (Wildman–Crippen LogP) is 4.46. The average Bonchev–Trinajstić information content (AvgIpc) is 3.10. The van der Waals surface area contributed by atoms with Crippen LogP contribution in [0.3, 0.4) is 0 Å². The molecule has 152 valence electrons. The van der Waals surface area contributed by atoms with Gasteiger partial charge >= 0.3 is 5.97 Å². The van der Waals surface area contributed by atoms with Crippen LogP contribution in [-0.2, 0) is 20.7 Å². The van der Waals surface area contributed by atoms with Crippen molar-refractivity contribution in [1.82, 2.24) is 0 Å². The summed E-state index contributed by atoms with van der Waals surface area (Å²) in [5, 5.41) is 4.52. The third-order valence-corrected chi connectivity index (χ3v) is 4.59. The van der Waals surface area contributed by atoms with Crippen molar-refractivity contribution in [3.8, 4) is 5.75 Å². The van der Waals surface area contributed by atoms with Gasteiger partial charge in [0, 0.05) is 16.5 Å². The summed E-state index contributed by atoms with van der Waals surface area (Å²) in [5.41, 5.74) is 2.47. The van der Waals surface area contributed by atoms with Crippen LogP contribution in [0.2, 0.25) is 0 Å². The first-order valence-corrected chi connectivity index (χ1v) is 9.22. The van der Waals surface area contributed by atoms with E-state index in [4.69, 9.17) is 13.9 Å². The van der Waals surface area contributed by atoms with Gasteiger partial charge in [-0.05, 0) is 42.0 Å². The molecular formula is C23H18FNO5.